The normalized spacial score (nSPS) is 11.0. The van der Waals surface area contributed by atoms with Gasteiger partial charge >= 0.3 is 5.97 Å². The maximum atomic E-state index is 11.4. The van der Waals surface area contributed by atoms with E-state index in [9.17, 15) is 9.90 Å². The molecule has 2 aromatic heterocycles. The van der Waals surface area contributed by atoms with Crippen LogP contribution in [0, 0.1) is 13.8 Å². The van der Waals surface area contributed by atoms with Gasteiger partial charge in [0.1, 0.15) is 5.75 Å². The molecule has 1 aromatic carbocycles. The molecule has 1 N–H and O–H groups in total. The second-order valence-electron chi connectivity index (χ2n) is 4.60. The van der Waals surface area contributed by atoms with E-state index in [0.717, 1.165) is 15.6 Å². The largest absolute Gasteiger partial charge is 0.476 e. The molecule has 0 aliphatic heterocycles. The molecule has 0 atom stereocenters. The minimum absolute atomic E-state index is 0.0319. The van der Waals surface area contributed by atoms with Crippen LogP contribution in [-0.4, -0.2) is 20.5 Å². The zero-order valence-electron chi connectivity index (χ0n) is 11.3. The van der Waals surface area contributed by atoms with Crippen LogP contribution in [-0.2, 0) is 0 Å². The number of aromatic nitrogens is 2. The topological polar surface area (TPSA) is 63.8 Å². The first-order chi connectivity index (χ1) is 9.97. The molecule has 0 unspecified atom stereocenters. The number of aromatic carboxylic acids is 1. The number of thiazole rings is 1. The lowest BCUT2D eigenvalue weighted by atomic mass is 10.1. The molecule has 0 aliphatic rings. The van der Waals surface area contributed by atoms with Crippen LogP contribution in [0.1, 0.15) is 21.6 Å². The van der Waals surface area contributed by atoms with Crippen LogP contribution in [0.5, 0.6) is 11.6 Å². The van der Waals surface area contributed by atoms with Crippen molar-refractivity contribution in [3.8, 4) is 11.6 Å². The minimum Gasteiger partial charge on any atom is -0.476 e. The standard InChI is InChI=1S/C14H11BrN2O3S/c1-7-5-9(6-8(2)10(7)15)20-12-11(13(18)19)17-3-4-21-14(17)16-12/h3-6H,1-2H3,(H,18,19). The molecule has 0 radical (unpaired) electrons. The average molecular weight is 367 g/mol. The molecule has 0 saturated carbocycles. The molecule has 7 heteroatoms. The van der Waals surface area contributed by atoms with Gasteiger partial charge in [-0.3, -0.25) is 4.40 Å². The third-order valence-corrected chi connectivity index (χ3v) is 5.06. The summed E-state index contributed by atoms with van der Waals surface area (Å²) in [6.45, 7) is 3.90. The van der Waals surface area contributed by atoms with E-state index in [2.05, 4.69) is 20.9 Å². The highest BCUT2D eigenvalue weighted by molar-refractivity contribution is 9.10. The molecular formula is C14H11BrN2O3S. The van der Waals surface area contributed by atoms with Crippen molar-refractivity contribution in [2.45, 2.75) is 13.8 Å². The average Bonchev–Trinajstić information content (AvgIpc) is 2.95. The van der Waals surface area contributed by atoms with E-state index in [0.29, 0.717) is 10.7 Å². The lowest BCUT2D eigenvalue weighted by Crippen LogP contribution is -2.02. The van der Waals surface area contributed by atoms with Gasteiger partial charge in [0.15, 0.2) is 10.7 Å². The molecule has 0 fully saturated rings. The van der Waals surface area contributed by atoms with Gasteiger partial charge in [-0.15, -0.1) is 11.3 Å². The van der Waals surface area contributed by atoms with Crippen molar-refractivity contribution in [2.24, 2.45) is 0 Å². The summed E-state index contributed by atoms with van der Waals surface area (Å²) < 4.78 is 8.23. The number of aryl methyl sites for hydroxylation is 2. The number of hydrogen-bond donors (Lipinski definition) is 1. The Morgan fingerprint density at radius 3 is 2.67 bits per heavy atom. The zero-order chi connectivity index (χ0) is 15.1. The van der Waals surface area contributed by atoms with Crippen LogP contribution in [0.2, 0.25) is 0 Å². The number of rotatable bonds is 3. The van der Waals surface area contributed by atoms with E-state index >= 15 is 0 Å². The molecule has 3 aromatic rings. The van der Waals surface area contributed by atoms with Crippen molar-refractivity contribution in [3.05, 3.63) is 45.0 Å². The van der Waals surface area contributed by atoms with Gasteiger partial charge in [0.05, 0.1) is 0 Å². The highest BCUT2D eigenvalue weighted by atomic mass is 79.9. The van der Waals surface area contributed by atoms with E-state index in [4.69, 9.17) is 4.74 Å². The molecule has 21 heavy (non-hydrogen) atoms. The number of nitrogens with zero attached hydrogens (tertiary/aromatic N) is 2. The lowest BCUT2D eigenvalue weighted by molar-refractivity contribution is 0.0686. The van der Waals surface area contributed by atoms with Crippen molar-refractivity contribution in [2.75, 3.05) is 0 Å². The predicted octanol–water partition coefficient (Wildman–Crippen LogP) is 4.27. The third kappa shape index (κ3) is 2.43. The number of carbonyl (C=O) groups is 1. The Labute approximate surface area is 132 Å². The van der Waals surface area contributed by atoms with Gasteiger partial charge in [0.25, 0.3) is 5.88 Å². The number of benzene rings is 1. The summed E-state index contributed by atoms with van der Waals surface area (Å²) in [5.74, 6) is -0.390. The van der Waals surface area contributed by atoms with Crippen molar-refractivity contribution in [3.63, 3.8) is 0 Å². The lowest BCUT2D eigenvalue weighted by Gasteiger charge is -2.08. The molecule has 0 aliphatic carbocycles. The van der Waals surface area contributed by atoms with Gasteiger partial charge in [0, 0.05) is 16.0 Å². The summed E-state index contributed by atoms with van der Waals surface area (Å²) >= 11 is 4.85. The molecular weight excluding hydrogens is 356 g/mol. The van der Waals surface area contributed by atoms with E-state index in [1.165, 1.54) is 15.7 Å². The van der Waals surface area contributed by atoms with Crippen molar-refractivity contribution in [1.82, 2.24) is 9.38 Å². The van der Waals surface area contributed by atoms with Gasteiger partial charge in [-0.25, -0.2) is 4.79 Å². The molecule has 0 spiro atoms. The Bertz CT molecular complexity index is 830. The fourth-order valence-corrected chi connectivity index (χ4v) is 3.04. The zero-order valence-corrected chi connectivity index (χ0v) is 13.7. The quantitative estimate of drug-likeness (QED) is 0.751. The van der Waals surface area contributed by atoms with Crippen molar-refractivity contribution >= 4 is 38.2 Å². The summed E-state index contributed by atoms with van der Waals surface area (Å²) in [6, 6.07) is 3.69. The molecule has 0 saturated heterocycles. The monoisotopic (exact) mass is 366 g/mol. The minimum atomic E-state index is -1.07. The fraction of sp³-hybridized carbons (Fsp3) is 0.143. The summed E-state index contributed by atoms with van der Waals surface area (Å²) in [5.41, 5.74) is 2.07. The number of imidazole rings is 1. The Hall–Kier alpha value is -1.86. The Kier molecular flexibility index (Phi) is 3.46. The first kappa shape index (κ1) is 14.1. The van der Waals surface area contributed by atoms with Gasteiger partial charge < -0.3 is 9.84 Å². The maximum absolute atomic E-state index is 11.4. The van der Waals surface area contributed by atoms with E-state index < -0.39 is 5.97 Å². The highest BCUT2D eigenvalue weighted by Gasteiger charge is 2.21. The first-order valence-electron chi connectivity index (χ1n) is 6.11. The first-order valence-corrected chi connectivity index (χ1v) is 7.78. The van der Waals surface area contributed by atoms with Crippen LogP contribution < -0.4 is 4.74 Å². The molecule has 2 heterocycles. The van der Waals surface area contributed by atoms with Gasteiger partial charge in [0.2, 0.25) is 0 Å². The Balaban J connectivity index is 2.07. The van der Waals surface area contributed by atoms with Crippen LogP contribution in [0.4, 0.5) is 0 Å². The Morgan fingerprint density at radius 2 is 2.05 bits per heavy atom. The second kappa shape index (κ2) is 5.16. The number of carboxylic acid groups (broad SMARTS) is 1. The van der Waals surface area contributed by atoms with Crippen molar-refractivity contribution in [1.29, 1.82) is 0 Å². The summed E-state index contributed by atoms with van der Waals surface area (Å²) in [5, 5.41) is 11.1. The third-order valence-electron chi connectivity index (χ3n) is 3.06. The summed E-state index contributed by atoms with van der Waals surface area (Å²) in [7, 11) is 0. The Morgan fingerprint density at radius 1 is 1.38 bits per heavy atom. The molecule has 3 rings (SSSR count). The van der Waals surface area contributed by atoms with Gasteiger partial charge in [-0.05, 0) is 37.1 Å². The maximum Gasteiger partial charge on any atom is 0.358 e. The SMILES string of the molecule is Cc1cc(Oc2nc3sccn3c2C(=O)O)cc(C)c1Br. The number of hydrogen-bond acceptors (Lipinski definition) is 4. The van der Waals surface area contributed by atoms with Crippen LogP contribution in [0.3, 0.4) is 0 Å². The van der Waals surface area contributed by atoms with Crippen molar-refractivity contribution < 1.29 is 14.6 Å². The molecule has 0 amide bonds. The molecule has 5 nitrogen and oxygen atoms in total. The molecule has 108 valence electrons. The summed E-state index contributed by atoms with van der Waals surface area (Å²) in [6.07, 6.45) is 1.67. The number of halogens is 1. The second-order valence-corrected chi connectivity index (χ2v) is 6.27. The van der Waals surface area contributed by atoms with E-state index in [-0.39, 0.29) is 11.6 Å². The number of ether oxygens (including phenoxy) is 1. The van der Waals surface area contributed by atoms with Gasteiger partial charge in [-0.2, -0.15) is 4.98 Å². The summed E-state index contributed by atoms with van der Waals surface area (Å²) in [4.78, 5) is 16.3. The smallest absolute Gasteiger partial charge is 0.358 e. The van der Waals surface area contributed by atoms with E-state index in [1.54, 1.807) is 11.6 Å². The van der Waals surface area contributed by atoms with E-state index in [1.807, 2.05) is 26.0 Å². The van der Waals surface area contributed by atoms with Gasteiger partial charge in [-0.1, -0.05) is 15.9 Å². The molecule has 0 bridgehead atoms. The number of fused-ring (bicyclic) bond motifs is 1. The van der Waals surface area contributed by atoms with Crippen LogP contribution in [0.15, 0.2) is 28.2 Å². The predicted molar refractivity (Wildman–Crippen MR) is 83.7 cm³/mol. The highest BCUT2D eigenvalue weighted by Crippen LogP contribution is 2.31. The van der Waals surface area contributed by atoms with Crippen LogP contribution >= 0.6 is 27.3 Å². The number of carboxylic acids is 1. The fourth-order valence-electron chi connectivity index (χ4n) is 2.11. The van der Waals surface area contributed by atoms with Crippen LogP contribution in [0.25, 0.3) is 4.96 Å².